The lowest BCUT2D eigenvalue weighted by Crippen LogP contribution is -2.36. The highest BCUT2D eigenvalue weighted by molar-refractivity contribution is 7.09. The van der Waals surface area contributed by atoms with E-state index in [1.807, 2.05) is 19.2 Å². The molecule has 0 spiro atoms. The minimum atomic E-state index is 0.175. The topological polar surface area (TPSA) is 70.2 Å². The van der Waals surface area contributed by atoms with Crippen molar-refractivity contribution < 1.29 is 4.79 Å². The lowest BCUT2D eigenvalue weighted by Gasteiger charge is -2.32. The molecule has 2 aromatic heterocycles. The molecular weight excluding hydrogens is 334 g/mol. The number of thiophene rings is 1. The predicted molar refractivity (Wildman–Crippen MR) is 102 cm³/mol. The molecule has 7 heteroatoms. The number of carbonyl (C=O) groups excluding carboxylic acids is 1. The zero-order valence-electron chi connectivity index (χ0n) is 14.6. The number of aromatic nitrogens is 2. The van der Waals surface area contributed by atoms with Gasteiger partial charge in [-0.2, -0.15) is 4.98 Å². The molecule has 0 aromatic carbocycles. The normalized spacial score (nSPS) is 15.2. The molecule has 1 aliphatic heterocycles. The number of hydrogen-bond acceptors (Lipinski definition) is 6. The molecule has 1 saturated heterocycles. The maximum absolute atomic E-state index is 12.1. The molecule has 1 fully saturated rings. The maximum Gasteiger partial charge on any atom is 0.224 e. The van der Waals surface area contributed by atoms with Gasteiger partial charge in [0.15, 0.2) is 0 Å². The average Bonchev–Trinajstić information content (AvgIpc) is 3.16. The minimum Gasteiger partial charge on any atom is -0.357 e. The van der Waals surface area contributed by atoms with Crippen LogP contribution >= 0.6 is 11.3 Å². The number of anilines is 2. The Morgan fingerprint density at radius 2 is 2.20 bits per heavy atom. The Balaban J connectivity index is 1.39. The summed E-state index contributed by atoms with van der Waals surface area (Å²) < 4.78 is 0. The first-order valence-electron chi connectivity index (χ1n) is 8.79. The third-order valence-corrected chi connectivity index (χ3v) is 5.49. The minimum absolute atomic E-state index is 0.175. The number of carbonyl (C=O) groups is 1. The fourth-order valence-corrected chi connectivity index (χ4v) is 3.84. The third-order valence-electron chi connectivity index (χ3n) is 4.55. The summed E-state index contributed by atoms with van der Waals surface area (Å²) in [6.45, 7) is 2.60. The Morgan fingerprint density at radius 3 is 2.92 bits per heavy atom. The molecule has 0 aliphatic carbocycles. The second-order valence-corrected chi connectivity index (χ2v) is 7.33. The summed E-state index contributed by atoms with van der Waals surface area (Å²) in [6.07, 6.45) is 5.38. The molecule has 2 N–H and O–H groups in total. The van der Waals surface area contributed by atoms with Crippen LogP contribution in [-0.4, -0.2) is 42.6 Å². The third kappa shape index (κ3) is 5.16. The van der Waals surface area contributed by atoms with Gasteiger partial charge in [-0.05, 0) is 42.7 Å². The smallest absolute Gasteiger partial charge is 0.224 e. The Hall–Kier alpha value is -2.15. The van der Waals surface area contributed by atoms with Crippen molar-refractivity contribution in [1.29, 1.82) is 0 Å². The van der Waals surface area contributed by atoms with Gasteiger partial charge in [0.25, 0.3) is 0 Å². The van der Waals surface area contributed by atoms with Gasteiger partial charge in [-0.25, -0.2) is 4.98 Å². The van der Waals surface area contributed by atoms with Gasteiger partial charge in [-0.1, -0.05) is 6.07 Å². The summed E-state index contributed by atoms with van der Waals surface area (Å²) in [6, 6.07) is 6.10. The summed E-state index contributed by atoms with van der Waals surface area (Å²) in [5.74, 6) is 2.24. The molecule has 1 aliphatic rings. The van der Waals surface area contributed by atoms with Crippen LogP contribution in [0.15, 0.2) is 29.8 Å². The highest BCUT2D eigenvalue weighted by atomic mass is 32.1. The Morgan fingerprint density at radius 1 is 1.36 bits per heavy atom. The van der Waals surface area contributed by atoms with Gasteiger partial charge in [-0.3, -0.25) is 4.79 Å². The van der Waals surface area contributed by atoms with Crippen molar-refractivity contribution in [3.05, 3.63) is 34.7 Å². The number of nitrogens with zero attached hydrogens (tertiary/aromatic N) is 3. The van der Waals surface area contributed by atoms with E-state index in [-0.39, 0.29) is 5.91 Å². The molecule has 0 atom stereocenters. The van der Waals surface area contributed by atoms with E-state index in [1.54, 1.807) is 17.5 Å². The molecule has 0 radical (unpaired) electrons. The van der Waals surface area contributed by atoms with Gasteiger partial charge >= 0.3 is 0 Å². The molecule has 0 unspecified atom stereocenters. The van der Waals surface area contributed by atoms with Crippen molar-refractivity contribution in [2.75, 3.05) is 36.9 Å². The van der Waals surface area contributed by atoms with Gasteiger partial charge < -0.3 is 15.5 Å². The monoisotopic (exact) mass is 359 g/mol. The quantitative estimate of drug-likeness (QED) is 0.795. The highest BCUT2D eigenvalue weighted by Gasteiger charge is 2.22. The molecule has 6 nitrogen and oxygen atoms in total. The largest absolute Gasteiger partial charge is 0.357 e. The predicted octanol–water partition coefficient (Wildman–Crippen LogP) is 2.55. The summed E-state index contributed by atoms with van der Waals surface area (Å²) in [7, 11) is 1.82. The molecule has 2 aromatic rings. The second-order valence-electron chi connectivity index (χ2n) is 6.30. The van der Waals surface area contributed by atoms with E-state index >= 15 is 0 Å². The second kappa shape index (κ2) is 8.80. The van der Waals surface area contributed by atoms with E-state index in [9.17, 15) is 4.79 Å². The van der Waals surface area contributed by atoms with Crippen LogP contribution in [0.25, 0.3) is 0 Å². The van der Waals surface area contributed by atoms with Crippen LogP contribution in [-0.2, 0) is 11.2 Å². The molecule has 0 bridgehead atoms. The summed E-state index contributed by atoms with van der Waals surface area (Å²) in [4.78, 5) is 24.4. The lowest BCUT2D eigenvalue weighted by molar-refractivity contribution is -0.122. The van der Waals surface area contributed by atoms with Gasteiger partial charge in [0.1, 0.15) is 5.82 Å². The SMILES string of the molecule is CNc1nccc(N2CCC(CC(=O)NCCc3cccs3)CC2)n1. The molecular formula is C18H25N5OS. The van der Waals surface area contributed by atoms with Crippen LogP contribution in [0.4, 0.5) is 11.8 Å². The van der Waals surface area contributed by atoms with Crippen molar-refractivity contribution >= 4 is 29.0 Å². The van der Waals surface area contributed by atoms with Crippen LogP contribution in [0, 0.1) is 5.92 Å². The molecule has 3 heterocycles. The number of amides is 1. The Kier molecular flexibility index (Phi) is 6.22. The van der Waals surface area contributed by atoms with Crippen LogP contribution in [0.5, 0.6) is 0 Å². The van der Waals surface area contributed by atoms with Crippen molar-refractivity contribution in [2.45, 2.75) is 25.7 Å². The molecule has 134 valence electrons. The summed E-state index contributed by atoms with van der Waals surface area (Å²) in [5, 5.41) is 8.09. The van der Waals surface area contributed by atoms with Crippen LogP contribution in [0.2, 0.25) is 0 Å². The lowest BCUT2D eigenvalue weighted by atomic mass is 9.93. The first kappa shape index (κ1) is 17.7. The molecule has 25 heavy (non-hydrogen) atoms. The van der Waals surface area contributed by atoms with Crippen LogP contribution < -0.4 is 15.5 Å². The summed E-state index contributed by atoms with van der Waals surface area (Å²) in [5.41, 5.74) is 0. The van der Waals surface area contributed by atoms with Gasteiger partial charge in [0, 0.05) is 44.2 Å². The first-order chi connectivity index (χ1) is 12.2. The van der Waals surface area contributed by atoms with Gasteiger partial charge in [0.2, 0.25) is 11.9 Å². The van der Waals surface area contributed by atoms with Crippen molar-refractivity contribution in [2.24, 2.45) is 5.92 Å². The van der Waals surface area contributed by atoms with E-state index in [0.717, 1.165) is 44.7 Å². The van der Waals surface area contributed by atoms with E-state index in [2.05, 4.69) is 36.9 Å². The standard InChI is InChI=1S/C18H25N5OS/c1-19-18-21-9-5-16(22-18)23-10-6-14(7-11-23)13-17(24)20-8-4-15-3-2-12-25-15/h2-3,5,9,12,14H,4,6-8,10-11,13H2,1H3,(H,20,24)(H,19,21,22). The van der Waals surface area contributed by atoms with E-state index in [0.29, 0.717) is 18.3 Å². The fraction of sp³-hybridized carbons (Fsp3) is 0.500. The van der Waals surface area contributed by atoms with E-state index in [4.69, 9.17) is 0 Å². The molecule has 3 rings (SSSR count). The highest BCUT2D eigenvalue weighted by Crippen LogP contribution is 2.24. The number of nitrogens with one attached hydrogen (secondary N) is 2. The first-order valence-corrected chi connectivity index (χ1v) is 9.67. The zero-order chi connectivity index (χ0) is 17.5. The molecule has 1 amide bonds. The van der Waals surface area contributed by atoms with Crippen LogP contribution in [0.1, 0.15) is 24.1 Å². The number of piperidine rings is 1. The van der Waals surface area contributed by atoms with E-state index < -0.39 is 0 Å². The molecule has 0 saturated carbocycles. The fourth-order valence-electron chi connectivity index (χ4n) is 3.13. The van der Waals surface area contributed by atoms with Crippen molar-refractivity contribution in [3.63, 3.8) is 0 Å². The Bertz CT molecular complexity index is 668. The van der Waals surface area contributed by atoms with Crippen molar-refractivity contribution in [3.8, 4) is 0 Å². The van der Waals surface area contributed by atoms with Gasteiger partial charge in [-0.15, -0.1) is 11.3 Å². The van der Waals surface area contributed by atoms with Gasteiger partial charge in [0.05, 0.1) is 0 Å². The van der Waals surface area contributed by atoms with E-state index in [1.165, 1.54) is 4.88 Å². The Labute approximate surface area is 152 Å². The average molecular weight is 359 g/mol. The number of rotatable bonds is 7. The number of hydrogen-bond donors (Lipinski definition) is 2. The van der Waals surface area contributed by atoms with Crippen molar-refractivity contribution in [1.82, 2.24) is 15.3 Å². The maximum atomic E-state index is 12.1. The zero-order valence-corrected chi connectivity index (χ0v) is 15.4. The van der Waals surface area contributed by atoms with Crippen LogP contribution in [0.3, 0.4) is 0 Å². The summed E-state index contributed by atoms with van der Waals surface area (Å²) >= 11 is 1.74.